The van der Waals surface area contributed by atoms with E-state index in [0.29, 0.717) is 10.6 Å². The van der Waals surface area contributed by atoms with E-state index in [0.717, 1.165) is 32.8 Å². The number of halogens is 3. The van der Waals surface area contributed by atoms with Gasteiger partial charge >= 0.3 is 0 Å². The number of benzene rings is 2. The molecule has 4 nitrogen and oxygen atoms in total. The van der Waals surface area contributed by atoms with E-state index in [4.69, 9.17) is 33.0 Å². The Morgan fingerprint density at radius 1 is 1.18 bits per heavy atom. The maximum atomic E-state index is 10.6. The predicted octanol–water partition coefficient (Wildman–Crippen LogP) is 6.77. The summed E-state index contributed by atoms with van der Waals surface area (Å²) in [5.41, 5.74) is 2.54. The Labute approximate surface area is 184 Å². The Kier molecular flexibility index (Phi) is 4.55. The van der Waals surface area contributed by atoms with E-state index >= 15 is 0 Å². The zero-order valence-electron chi connectivity index (χ0n) is 14.3. The van der Waals surface area contributed by atoms with E-state index < -0.39 is 6.23 Å². The monoisotopic (exact) mass is 494 g/mol. The molecule has 0 bridgehead atoms. The van der Waals surface area contributed by atoms with Gasteiger partial charge in [0, 0.05) is 21.5 Å². The third-order valence-corrected chi connectivity index (χ3v) is 6.80. The van der Waals surface area contributed by atoms with Crippen molar-refractivity contribution in [2.24, 2.45) is 5.10 Å². The third-order valence-electron chi connectivity index (χ3n) is 4.88. The Morgan fingerprint density at radius 3 is 2.82 bits per heavy atom. The van der Waals surface area contributed by atoms with Crippen LogP contribution in [0.5, 0.6) is 11.5 Å². The van der Waals surface area contributed by atoms with Crippen LogP contribution in [0, 0.1) is 0 Å². The minimum absolute atomic E-state index is 0.0134. The number of phenols is 1. The van der Waals surface area contributed by atoms with Gasteiger partial charge in [-0.25, -0.2) is 5.01 Å². The summed E-state index contributed by atoms with van der Waals surface area (Å²) in [5.74, 6) is 0.711. The molecule has 2 aliphatic rings. The molecule has 0 unspecified atom stereocenters. The Balaban J connectivity index is 1.66. The van der Waals surface area contributed by atoms with Crippen LogP contribution in [0.15, 0.2) is 57.4 Å². The highest BCUT2D eigenvalue weighted by atomic mass is 79.9. The van der Waals surface area contributed by atoms with Crippen LogP contribution >= 0.6 is 50.5 Å². The Morgan fingerprint density at radius 2 is 2.04 bits per heavy atom. The zero-order chi connectivity index (χ0) is 19.4. The van der Waals surface area contributed by atoms with Crippen molar-refractivity contribution >= 4 is 56.2 Å². The number of phenolic OH excluding ortho intramolecular Hbond substituents is 1. The van der Waals surface area contributed by atoms with E-state index in [2.05, 4.69) is 28.1 Å². The molecule has 1 aromatic heterocycles. The fourth-order valence-corrected chi connectivity index (χ4v) is 5.24. The molecular weight excluding hydrogens is 483 g/mol. The molecule has 8 heteroatoms. The highest BCUT2D eigenvalue weighted by Gasteiger charge is 2.42. The van der Waals surface area contributed by atoms with Gasteiger partial charge in [0.15, 0.2) is 0 Å². The fourth-order valence-electron chi connectivity index (χ4n) is 3.63. The first-order valence-corrected chi connectivity index (χ1v) is 11.0. The Bertz CT molecular complexity index is 1100. The molecule has 2 atom stereocenters. The molecule has 0 fully saturated rings. The zero-order valence-corrected chi connectivity index (χ0v) is 18.2. The molecule has 0 aliphatic carbocycles. The van der Waals surface area contributed by atoms with Crippen molar-refractivity contribution in [1.29, 1.82) is 0 Å². The van der Waals surface area contributed by atoms with Gasteiger partial charge in [0.05, 0.1) is 27.2 Å². The molecule has 0 amide bonds. The lowest BCUT2D eigenvalue weighted by molar-refractivity contribution is -0.0203. The molecule has 3 aromatic rings. The summed E-state index contributed by atoms with van der Waals surface area (Å²) in [4.78, 5) is 1.12. The van der Waals surface area contributed by atoms with E-state index in [1.54, 1.807) is 17.4 Å². The van der Waals surface area contributed by atoms with Gasteiger partial charge in [0.2, 0.25) is 6.23 Å². The van der Waals surface area contributed by atoms with Gasteiger partial charge in [-0.3, -0.25) is 0 Å². The van der Waals surface area contributed by atoms with Crippen molar-refractivity contribution in [1.82, 2.24) is 5.01 Å². The molecule has 2 aliphatic heterocycles. The second-order valence-corrected chi connectivity index (χ2v) is 9.31. The average molecular weight is 496 g/mol. The fraction of sp³-hybridized carbons (Fsp3) is 0.150. The van der Waals surface area contributed by atoms with Gasteiger partial charge in [-0.1, -0.05) is 45.2 Å². The SMILES string of the molecule is Oc1c(Cl)cc(Cl)cc1[C@H]1Oc2ccc(Br)cc2[C@H]2CC(c3cccs3)=NN21. The maximum absolute atomic E-state index is 10.6. The van der Waals surface area contributed by atoms with Gasteiger partial charge in [-0.05, 0) is 41.8 Å². The number of hydrogen-bond acceptors (Lipinski definition) is 5. The highest BCUT2D eigenvalue weighted by Crippen LogP contribution is 2.50. The number of thiophene rings is 1. The van der Waals surface area contributed by atoms with Crippen LogP contribution in [0.2, 0.25) is 10.0 Å². The normalized spacial score (nSPS) is 20.4. The molecule has 142 valence electrons. The van der Waals surface area contributed by atoms with Crippen LogP contribution in [0.1, 0.15) is 34.7 Å². The number of hydrogen-bond donors (Lipinski definition) is 1. The van der Waals surface area contributed by atoms with Gasteiger partial charge in [0.1, 0.15) is 11.5 Å². The molecule has 2 aromatic carbocycles. The van der Waals surface area contributed by atoms with Crippen LogP contribution in [0.3, 0.4) is 0 Å². The lowest BCUT2D eigenvalue weighted by Crippen LogP contribution is -2.33. The first kappa shape index (κ1) is 18.3. The number of fused-ring (bicyclic) bond motifs is 3. The predicted molar refractivity (Wildman–Crippen MR) is 116 cm³/mol. The number of hydrazone groups is 1. The lowest BCUT2D eigenvalue weighted by Gasteiger charge is -2.38. The van der Waals surface area contributed by atoms with Crippen LogP contribution in [-0.2, 0) is 0 Å². The topological polar surface area (TPSA) is 45.1 Å². The highest BCUT2D eigenvalue weighted by molar-refractivity contribution is 9.10. The Hall–Kier alpha value is -1.73. The smallest absolute Gasteiger partial charge is 0.217 e. The van der Waals surface area contributed by atoms with E-state index in [1.807, 2.05) is 28.6 Å². The van der Waals surface area contributed by atoms with E-state index in [9.17, 15) is 5.11 Å². The second kappa shape index (κ2) is 6.95. The lowest BCUT2D eigenvalue weighted by atomic mass is 9.97. The molecule has 5 rings (SSSR count). The van der Waals surface area contributed by atoms with Crippen molar-refractivity contribution in [3.05, 3.63) is 78.4 Å². The minimum atomic E-state index is -0.632. The van der Waals surface area contributed by atoms with Gasteiger partial charge in [-0.15, -0.1) is 11.3 Å². The van der Waals surface area contributed by atoms with Gasteiger partial charge < -0.3 is 9.84 Å². The van der Waals surface area contributed by atoms with E-state index in [-0.39, 0.29) is 16.8 Å². The average Bonchev–Trinajstić information content (AvgIpc) is 3.33. The first-order valence-electron chi connectivity index (χ1n) is 8.55. The molecule has 0 saturated carbocycles. The third kappa shape index (κ3) is 2.99. The summed E-state index contributed by atoms with van der Waals surface area (Å²) in [6.45, 7) is 0. The summed E-state index contributed by atoms with van der Waals surface area (Å²) in [5, 5.41) is 20.0. The number of aromatic hydroxyl groups is 1. The standard InChI is InChI=1S/C20H13BrCl2N2O2S/c21-10-3-4-17-12(6-10)16-9-15(18-2-1-5-28-18)24-25(16)20(27-17)13-7-11(22)8-14(23)19(13)26/h1-8,16,20,26H,9H2/t16-,20-/m1/s1. The maximum Gasteiger partial charge on any atom is 0.217 e. The summed E-state index contributed by atoms with van der Waals surface area (Å²) in [6.07, 6.45) is 0.117. The van der Waals surface area contributed by atoms with Crippen LogP contribution in [-0.4, -0.2) is 15.8 Å². The first-order chi connectivity index (χ1) is 13.5. The minimum Gasteiger partial charge on any atom is -0.506 e. The van der Waals surface area contributed by atoms with Crippen molar-refractivity contribution in [3.63, 3.8) is 0 Å². The summed E-state index contributed by atoms with van der Waals surface area (Å²) >= 11 is 17.6. The molecule has 0 radical (unpaired) electrons. The van der Waals surface area contributed by atoms with Crippen molar-refractivity contribution in [3.8, 4) is 11.5 Å². The molecule has 0 spiro atoms. The van der Waals surface area contributed by atoms with Crippen molar-refractivity contribution in [2.75, 3.05) is 0 Å². The number of nitrogens with zero attached hydrogens (tertiary/aromatic N) is 2. The van der Waals surface area contributed by atoms with Crippen LogP contribution in [0.4, 0.5) is 0 Å². The molecule has 1 N–H and O–H groups in total. The molecular formula is C20H13BrCl2N2O2S. The van der Waals surface area contributed by atoms with Crippen LogP contribution in [0.25, 0.3) is 0 Å². The van der Waals surface area contributed by atoms with Crippen molar-refractivity contribution in [2.45, 2.75) is 18.7 Å². The largest absolute Gasteiger partial charge is 0.506 e. The molecule has 0 saturated heterocycles. The molecule has 3 heterocycles. The number of ether oxygens (including phenoxy) is 1. The van der Waals surface area contributed by atoms with Crippen LogP contribution < -0.4 is 4.74 Å². The second-order valence-electron chi connectivity index (χ2n) is 6.60. The quantitative estimate of drug-likeness (QED) is 0.426. The summed E-state index contributed by atoms with van der Waals surface area (Å²) in [6, 6.07) is 13.2. The number of rotatable bonds is 2. The van der Waals surface area contributed by atoms with Gasteiger partial charge in [-0.2, -0.15) is 5.10 Å². The van der Waals surface area contributed by atoms with Gasteiger partial charge in [0.25, 0.3) is 0 Å². The van der Waals surface area contributed by atoms with E-state index in [1.165, 1.54) is 6.07 Å². The van der Waals surface area contributed by atoms with Crippen molar-refractivity contribution < 1.29 is 9.84 Å². The summed E-state index contributed by atoms with van der Waals surface area (Å²) < 4.78 is 7.25. The molecule has 28 heavy (non-hydrogen) atoms. The summed E-state index contributed by atoms with van der Waals surface area (Å²) in [7, 11) is 0.